The van der Waals surface area contributed by atoms with Crippen LogP contribution < -0.4 is 10.6 Å². The van der Waals surface area contributed by atoms with Crippen molar-refractivity contribution in [3.63, 3.8) is 0 Å². The molecular formula is C16H18N2O. The molecule has 0 fully saturated rings. The van der Waals surface area contributed by atoms with E-state index in [1.165, 1.54) is 5.56 Å². The molecule has 1 aliphatic heterocycles. The number of carbonyl (C=O) groups excluding carboxylic acids is 1. The lowest BCUT2D eigenvalue weighted by atomic mass is 10.1. The van der Waals surface area contributed by atoms with Gasteiger partial charge in [0, 0.05) is 0 Å². The van der Waals surface area contributed by atoms with Gasteiger partial charge in [0.15, 0.2) is 0 Å². The highest BCUT2D eigenvalue weighted by atomic mass is 16.2. The minimum Gasteiger partial charge on any atom is -0.372 e. The lowest BCUT2D eigenvalue weighted by molar-refractivity contribution is -0.116. The Hall–Kier alpha value is -2.29. The van der Waals surface area contributed by atoms with Gasteiger partial charge < -0.3 is 10.6 Å². The third kappa shape index (κ3) is 3.58. The van der Waals surface area contributed by atoms with Crippen LogP contribution in [0.2, 0.25) is 0 Å². The smallest absolute Gasteiger partial charge is 0.246 e. The SMILES string of the molecule is C[C@H]1Nc2ccccc2NC1=O.Cc1ccccc1. The Kier molecular flexibility index (Phi) is 4.18. The van der Waals surface area contributed by atoms with Crippen molar-refractivity contribution in [2.75, 3.05) is 10.6 Å². The van der Waals surface area contributed by atoms with Crippen molar-refractivity contribution in [1.29, 1.82) is 0 Å². The molecule has 2 aromatic rings. The van der Waals surface area contributed by atoms with Gasteiger partial charge in [-0.15, -0.1) is 0 Å². The minimum atomic E-state index is -0.139. The Morgan fingerprint density at radius 1 is 0.895 bits per heavy atom. The molecule has 0 aromatic heterocycles. The molecule has 2 N–H and O–H groups in total. The van der Waals surface area contributed by atoms with Gasteiger partial charge in [0.05, 0.1) is 11.4 Å². The molecule has 3 rings (SSSR count). The van der Waals surface area contributed by atoms with E-state index in [9.17, 15) is 4.79 Å². The zero-order valence-corrected chi connectivity index (χ0v) is 11.2. The molecule has 0 saturated heterocycles. The van der Waals surface area contributed by atoms with E-state index in [1.54, 1.807) is 0 Å². The summed E-state index contributed by atoms with van der Waals surface area (Å²) >= 11 is 0. The molecule has 1 heterocycles. The molecule has 1 atom stereocenters. The zero-order valence-electron chi connectivity index (χ0n) is 11.2. The van der Waals surface area contributed by atoms with Crippen LogP contribution in [0.3, 0.4) is 0 Å². The molecule has 0 spiro atoms. The van der Waals surface area contributed by atoms with Gasteiger partial charge in [-0.2, -0.15) is 0 Å². The van der Waals surface area contributed by atoms with Gasteiger partial charge in [-0.05, 0) is 26.0 Å². The van der Waals surface area contributed by atoms with Crippen LogP contribution in [0.25, 0.3) is 0 Å². The molecule has 98 valence electrons. The summed E-state index contributed by atoms with van der Waals surface area (Å²) in [4.78, 5) is 11.2. The highest BCUT2D eigenvalue weighted by molar-refractivity contribution is 6.02. The number of anilines is 2. The molecular weight excluding hydrogens is 236 g/mol. The van der Waals surface area contributed by atoms with Gasteiger partial charge in [-0.1, -0.05) is 48.0 Å². The second-order valence-electron chi connectivity index (χ2n) is 4.56. The summed E-state index contributed by atoms with van der Waals surface area (Å²) in [6.07, 6.45) is 0. The Labute approximate surface area is 113 Å². The summed E-state index contributed by atoms with van der Waals surface area (Å²) in [6.45, 7) is 3.92. The first-order chi connectivity index (χ1) is 9.16. The molecule has 1 aliphatic rings. The van der Waals surface area contributed by atoms with E-state index in [1.807, 2.05) is 49.4 Å². The highest BCUT2D eigenvalue weighted by Crippen LogP contribution is 2.25. The first kappa shape index (κ1) is 13.1. The second-order valence-corrected chi connectivity index (χ2v) is 4.56. The van der Waals surface area contributed by atoms with E-state index in [0.717, 1.165) is 11.4 Å². The Morgan fingerprint density at radius 3 is 2.05 bits per heavy atom. The summed E-state index contributed by atoms with van der Waals surface area (Å²) in [5.41, 5.74) is 3.17. The third-order valence-electron chi connectivity index (χ3n) is 2.89. The van der Waals surface area contributed by atoms with Gasteiger partial charge in [0.1, 0.15) is 6.04 Å². The minimum absolute atomic E-state index is 0.0219. The van der Waals surface area contributed by atoms with Crippen LogP contribution in [-0.2, 0) is 4.79 Å². The van der Waals surface area contributed by atoms with Crippen molar-refractivity contribution in [3.8, 4) is 0 Å². The van der Waals surface area contributed by atoms with Crippen molar-refractivity contribution in [2.45, 2.75) is 19.9 Å². The van der Waals surface area contributed by atoms with E-state index < -0.39 is 0 Å². The summed E-state index contributed by atoms with van der Waals surface area (Å²) in [5, 5.41) is 5.91. The average Bonchev–Trinajstić information content (AvgIpc) is 2.42. The molecule has 0 unspecified atom stereocenters. The molecule has 19 heavy (non-hydrogen) atoms. The highest BCUT2D eigenvalue weighted by Gasteiger charge is 2.19. The molecule has 1 amide bonds. The fourth-order valence-electron chi connectivity index (χ4n) is 1.79. The van der Waals surface area contributed by atoms with Crippen molar-refractivity contribution in [3.05, 3.63) is 60.2 Å². The van der Waals surface area contributed by atoms with Crippen molar-refractivity contribution in [2.24, 2.45) is 0 Å². The van der Waals surface area contributed by atoms with Gasteiger partial charge in [0.25, 0.3) is 0 Å². The van der Waals surface area contributed by atoms with Crippen molar-refractivity contribution < 1.29 is 4.79 Å². The van der Waals surface area contributed by atoms with Crippen LogP contribution in [0.1, 0.15) is 12.5 Å². The van der Waals surface area contributed by atoms with Crippen molar-refractivity contribution in [1.82, 2.24) is 0 Å². The number of fused-ring (bicyclic) bond motifs is 1. The van der Waals surface area contributed by atoms with Gasteiger partial charge in [-0.3, -0.25) is 4.79 Å². The van der Waals surface area contributed by atoms with Crippen LogP contribution in [0, 0.1) is 6.92 Å². The summed E-state index contributed by atoms with van der Waals surface area (Å²) < 4.78 is 0. The van der Waals surface area contributed by atoms with E-state index in [2.05, 4.69) is 29.7 Å². The number of amides is 1. The average molecular weight is 254 g/mol. The summed E-state index contributed by atoms with van der Waals surface area (Å²) in [6, 6.07) is 17.8. The molecule has 0 radical (unpaired) electrons. The van der Waals surface area contributed by atoms with Crippen LogP contribution in [0.5, 0.6) is 0 Å². The number of hydrogen-bond acceptors (Lipinski definition) is 2. The first-order valence-corrected chi connectivity index (χ1v) is 6.35. The molecule has 0 saturated carbocycles. The fourth-order valence-corrected chi connectivity index (χ4v) is 1.79. The predicted molar refractivity (Wildman–Crippen MR) is 79.3 cm³/mol. The Morgan fingerprint density at radius 2 is 1.47 bits per heavy atom. The van der Waals surface area contributed by atoms with E-state index in [-0.39, 0.29) is 11.9 Å². The maximum Gasteiger partial charge on any atom is 0.246 e. The molecule has 0 bridgehead atoms. The second kappa shape index (κ2) is 6.05. The van der Waals surface area contributed by atoms with Gasteiger partial charge >= 0.3 is 0 Å². The molecule has 2 aromatic carbocycles. The number of aryl methyl sites for hydroxylation is 1. The van der Waals surface area contributed by atoms with Crippen LogP contribution in [-0.4, -0.2) is 11.9 Å². The number of benzene rings is 2. The predicted octanol–water partition coefficient (Wildman–Crippen LogP) is 3.43. The largest absolute Gasteiger partial charge is 0.372 e. The van der Waals surface area contributed by atoms with Gasteiger partial charge in [0.2, 0.25) is 5.91 Å². The maximum absolute atomic E-state index is 11.2. The normalized spacial score (nSPS) is 16.3. The summed E-state index contributed by atoms with van der Waals surface area (Å²) in [5.74, 6) is 0.0219. The lowest BCUT2D eigenvalue weighted by Crippen LogP contribution is -2.36. The monoisotopic (exact) mass is 254 g/mol. The zero-order chi connectivity index (χ0) is 13.7. The van der Waals surface area contributed by atoms with Gasteiger partial charge in [-0.25, -0.2) is 0 Å². The summed E-state index contributed by atoms with van der Waals surface area (Å²) in [7, 11) is 0. The number of nitrogens with one attached hydrogen (secondary N) is 2. The topological polar surface area (TPSA) is 41.1 Å². The van der Waals surface area contributed by atoms with E-state index >= 15 is 0 Å². The number of carbonyl (C=O) groups is 1. The fraction of sp³-hybridized carbons (Fsp3) is 0.188. The lowest BCUT2D eigenvalue weighted by Gasteiger charge is -2.23. The van der Waals surface area contributed by atoms with Crippen LogP contribution >= 0.6 is 0 Å². The number of para-hydroxylation sites is 2. The third-order valence-corrected chi connectivity index (χ3v) is 2.89. The van der Waals surface area contributed by atoms with Crippen LogP contribution in [0.15, 0.2) is 54.6 Å². The molecule has 0 aliphatic carbocycles. The quantitative estimate of drug-likeness (QED) is 0.756. The Balaban J connectivity index is 0.000000163. The van der Waals surface area contributed by atoms with Crippen LogP contribution in [0.4, 0.5) is 11.4 Å². The van der Waals surface area contributed by atoms with E-state index in [0.29, 0.717) is 0 Å². The first-order valence-electron chi connectivity index (χ1n) is 6.35. The van der Waals surface area contributed by atoms with E-state index in [4.69, 9.17) is 0 Å². The standard InChI is InChI=1S/C9H10N2O.C7H8/c1-6-9(12)11-8-5-3-2-4-7(8)10-6;1-7-5-3-2-4-6-7/h2-6,10H,1H3,(H,11,12);2-6H,1H3/t6-;/m1./s1. The Bertz CT molecular complexity index is 552. The molecule has 3 heteroatoms. The van der Waals surface area contributed by atoms with Crippen molar-refractivity contribution >= 4 is 17.3 Å². The molecule has 3 nitrogen and oxygen atoms in total. The number of hydrogen-bond donors (Lipinski definition) is 2. The maximum atomic E-state index is 11.2. The number of rotatable bonds is 0.